The minimum Gasteiger partial charge on any atom is -0.494 e. The van der Waals surface area contributed by atoms with E-state index in [1.54, 1.807) is 66.7 Å². The normalized spacial score (nSPS) is 10.7. The first kappa shape index (κ1) is 28.9. The predicted molar refractivity (Wildman–Crippen MR) is 157 cm³/mol. The van der Waals surface area contributed by atoms with Crippen molar-refractivity contribution in [3.05, 3.63) is 119 Å². The number of benzene rings is 4. The molecule has 0 saturated carbocycles. The first-order valence-electron chi connectivity index (χ1n) is 13.4. The zero-order chi connectivity index (χ0) is 28.9. The van der Waals surface area contributed by atoms with E-state index in [4.69, 9.17) is 18.9 Å². The Hall–Kier alpha value is -5.11. The molecule has 4 rings (SSSR count). The van der Waals surface area contributed by atoms with E-state index in [0.29, 0.717) is 53.8 Å². The Morgan fingerprint density at radius 2 is 1.54 bits per heavy atom. The second-order valence-electron chi connectivity index (χ2n) is 8.87. The number of hydrogen-bond acceptors (Lipinski definition) is 7. The summed E-state index contributed by atoms with van der Waals surface area (Å²) in [6, 6.07) is 28.5. The van der Waals surface area contributed by atoms with Gasteiger partial charge in [0, 0.05) is 0 Å². The highest BCUT2D eigenvalue weighted by Gasteiger charge is 2.14. The molecule has 210 valence electrons. The largest absolute Gasteiger partial charge is 0.494 e. The van der Waals surface area contributed by atoms with Crippen molar-refractivity contribution in [2.75, 3.05) is 13.2 Å². The van der Waals surface area contributed by atoms with Gasteiger partial charge in [0.15, 0.2) is 11.5 Å². The number of hydrazone groups is 1. The van der Waals surface area contributed by atoms with Crippen molar-refractivity contribution < 1.29 is 28.5 Å². The smallest absolute Gasteiger partial charge is 0.343 e. The second-order valence-corrected chi connectivity index (χ2v) is 8.87. The lowest BCUT2D eigenvalue weighted by atomic mass is 10.2. The monoisotopic (exact) mass is 552 g/mol. The summed E-state index contributed by atoms with van der Waals surface area (Å²) < 4.78 is 22.7. The van der Waals surface area contributed by atoms with Crippen molar-refractivity contribution >= 4 is 18.1 Å². The van der Waals surface area contributed by atoms with Crippen LogP contribution in [-0.4, -0.2) is 31.3 Å². The number of rotatable bonds is 13. The molecule has 1 N–H and O–H groups in total. The van der Waals surface area contributed by atoms with E-state index in [1.807, 2.05) is 44.2 Å². The van der Waals surface area contributed by atoms with Crippen LogP contribution >= 0.6 is 0 Å². The molecule has 0 aliphatic rings. The van der Waals surface area contributed by atoms with Gasteiger partial charge in [-0.25, -0.2) is 10.2 Å². The third-order valence-electron chi connectivity index (χ3n) is 5.78. The summed E-state index contributed by atoms with van der Waals surface area (Å²) in [5, 5.41) is 4.09. The van der Waals surface area contributed by atoms with Gasteiger partial charge in [0.25, 0.3) is 5.91 Å². The van der Waals surface area contributed by atoms with Crippen LogP contribution in [0.2, 0.25) is 0 Å². The predicted octanol–water partition coefficient (Wildman–Crippen LogP) is 6.44. The molecule has 41 heavy (non-hydrogen) atoms. The minimum atomic E-state index is -0.519. The van der Waals surface area contributed by atoms with Gasteiger partial charge >= 0.3 is 5.97 Å². The van der Waals surface area contributed by atoms with Gasteiger partial charge in [0.1, 0.15) is 18.1 Å². The van der Waals surface area contributed by atoms with Crippen molar-refractivity contribution in [1.82, 2.24) is 5.43 Å². The van der Waals surface area contributed by atoms with E-state index < -0.39 is 11.9 Å². The third kappa shape index (κ3) is 8.44. The summed E-state index contributed by atoms with van der Waals surface area (Å²) in [6.45, 7) is 5.17. The van der Waals surface area contributed by atoms with Crippen LogP contribution in [0.4, 0.5) is 0 Å². The highest BCUT2D eigenvalue weighted by atomic mass is 16.6. The highest BCUT2D eigenvalue weighted by molar-refractivity contribution is 5.97. The van der Waals surface area contributed by atoms with Gasteiger partial charge < -0.3 is 18.9 Å². The molecule has 8 heteroatoms. The molecule has 4 aromatic rings. The van der Waals surface area contributed by atoms with Crippen molar-refractivity contribution in [3.63, 3.8) is 0 Å². The quantitative estimate of drug-likeness (QED) is 0.0888. The highest BCUT2D eigenvalue weighted by Crippen LogP contribution is 2.29. The number of nitrogens with one attached hydrogen (secondary N) is 1. The molecular weight excluding hydrogens is 520 g/mol. The summed E-state index contributed by atoms with van der Waals surface area (Å²) >= 11 is 0. The zero-order valence-corrected chi connectivity index (χ0v) is 23.0. The number of carbonyl (C=O) groups is 2. The number of carbonyl (C=O) groups excluding carboxylic acids is 2. The van der Waals surface area contributed by atoms with Crippen LogP contribution in [0.15, 0.2) is 102 Å². The molecule has 0 bridgehead atoms. The SMILES string of the molecule is CCCOc1ccc(C(=O)Oc2ccc(/C=N\NC(=O)c3ccccc3OCc3ccccc3)cc2OCC)cc1. The summed E-state index contributed by atoms with van der Waals surface area (Å²) in [4.78, 5) is 25.5. The van der Waals surface area contributed by atoms with Crippen molar-refractivity contribution in [3.8, 4) is 23.0 Å². The second kappa shape index (κ2) is 14.9. The van der Waals surface area contributed by atoms with E-state index in [2.05, 4.69) is 10.5 Å². The van der Waals surface area contributed by atoms with Gasteiger partial charge in [0.2, 0.25) is 0 Å². The summed E-state index contributed by atoms with van der Waals surface area (Å²) in [5.74, 6) is 0.864. The summed E-state index contributed by atoms with van der Waals surface area (Å²) in [5.41, 5.74) is 4.92. The molecule has 0 aliphatic heterocycles. The fourth-order valence-electron chi connectivity index (χ4n) is 3.76. The van der Waals surface area contributed by atoms with E-state index in [9.17, 15) is 9.59 Å². The van der Waals surface area contributed by atoms with Crippen LogP contribution in [0.5, 0.6) is 23.0 Å². The molecule has 8 nitrogen and oxygen atoms in total. The average Bonchev–Trinajstić information content (AvgIpc) is 3.01. The molecule has 0 aromatic heterocycles. The minimum absolute atomic E-state index is 0.272. The molecule has 0 unspecified atom stereocenters. The maximum Gasteiger partial charge on any atom is 0.343 e. The lowest BCUT2D eigenvalue weighted by Gasteiger charge is -2.12. The lowest BCUT2D eigenvalue weighted by molar-refractivity contribution is 0.0728. The molecule has 1 amide bonds. The molecule has 4 aromatic carbocycles. The third-order valence-corrected chi connectivity index (χ3v) is 5.78. The number of amides is 1. The fourth-order valence-corrected chi connectivity index (χ4v) is 3.76. The maximum atomic E-state index is 12.8. The zero-order valence-electron chi connectivity index (χ0n) is 23.0. The average molecular weight is 553 g/mol. The van der Waals surface area contributed by atoms with Gasteiger partial charge in [-0.15, -0.1) is 0 Å². The Morgan fingerprint density at radius 3 is 2.29 bits per heavy atom. The van der Waals surface area contributed by atoms with Crippen LogP contribution in [0, 0.1) is 0 Å². The Kier molecular flexibility index (Phi) is 10.5. The van der Waals surface area contributed by atoms with E-state index in [0.717, 1.165) is 12.0 Å². The number of esters is 1. The van der Waals surface area contributed by atoms with Gasteiger partial charge in [-0.05, 0) is 79.1 Å². The topological polar surface area (TPSA) is 95.5 Å². The number of para-hydroxylation sites is 1. The van der Waals surface area contributed by atoms with E-state index in [1.165, 1.54) is 6.21 Å². The van der Waals surface area contributed by atoms with Gasteiger partial charge in [-0.1, -0.05) is 49.4 Å². The van der Waals surface area contributed by atoms with Gasteiger partial charge in [0.05, 0.1) is 30.6 Å². The van der Waals surface area contributed by atoms with Crippen molar-refractivity contribution in [1.29, 1.82) is 0 Å². The molecule has 0 aliphatic carbocycles. The van der Waals surface area contributed by atoms with Crippen LogP contribution in [-0.2, 0) is 6.61 Å². The van der Waals surface area contributed by atoms with E-state index in [-0.39, 0.29) is 5.75 Å². The van der Waals surface area contributed by atoms with Crippen LogP contribution < -0.4 is 24.4 Å². The molecule has 0 fully saturated rings. The van der Waals surface area contributed by atoms with Gasteiger partial charge in [-0.3, -0.25) is 4.79 Å². The first-order valence-corrected chi connectivity index (χ1v) is 13.4. The summed E-state index contributed by atoms with van der Waals surface area (Å²) in [7, 11) is 0. The first-order chi connectivity index (χ1) is 20.1. The fraction of sp³-hybridized carbons (Fsp3) is 0.182. The number of nitrogens with zero attached hydrogens (tertiary/aromatic N) is 1. The molecule has 0 saturated heterocycles. The number of ether oxygens (including phenoxy) is 4. The Labute approximate surface area is 239 Å². The standard InChI is InChI=1S/C33H32N2O6/c1-3-20-39-27-17-15-26(16-18-27)33(37)41-30-19-14-25(21-31(30)38-4-2)22-34-35-32(36)28-12-8-9-13-29(28)40-23-24-10-6-5-7-11-24/h5-19,21-22H,3-4,20,23H2,1-2H3,(H,35,36)/b34-22-. The van der Waals surface area contributed by atoms with Crippen LogP contribution in [0.1, 0.15) is 52.1 Å². The van der Waals surface area contributed by atoms with Crippen LogP contribution in [0.25, 0.3) is 0 Å². The molecule has 0 atom stereocenters. The molecule has 0 radical (unpaired) electrons. The Morgan fingerprint density at radius 1 is 0.780 bits per heavy atom. The van der Waals surface area contributed by atoms with Gasteiger partial charge in [-0.2, -0.15) is 5.10 Å². The summed E-state index contributed by atoms with van der Waals surface area (Å²) in [6.07, 6.45) is 2.38. The number of hydrogen-bond donors (Lipinski definition) is 1. The molecule has 0 spiro atoms. The Bertz CT molecular complexity index is 1470. The molecular formula is C33H32N2O6. The Balaban J connectivity index is 1.39. The van der Waals surface area contributed by atoms with Crippen LogP contribution in [0.3, 0.4) is 0 Å². The maximum absolute atomic E-state index is 12.8. The van der Waals surface area contributed by atoms with Crippen molar-refractivity contribution in [2.24, 2.45) is 5.10 Å². The molecule has 0 heterocycles. The van der Waals surface area contributed by atoms with E-state index >= 15 is 0 Å². The lowest BCUT2D eigenvalue weighted by Crippen LogP contribution is -2.18. The van der Waals surface area contributed by atoms with Crippen molar-refractivity contribution in [2.45, 2.75) is 26.9 Å².